The average Bonchev–Trinajstić information content (AvgIpc) is 2.51. The van der Waals surface area contributed by atoms with Crippen LogP contribution < -0.4 is 4.74 Å². The van der Waals surface area contributed by atoms with E-state index in [-0.39, 0.29) is 6.09 Å². The highest BCUT2D eigenvalue weighted by Gasteiger charge is 2.27. The summed E-state index contributed by atoms with van der Waals surface area (Å²) in [5.41, 5.74) is -0.437. The molecule has 0 bridgehead atoms. The van der Waals surface area contributed by atoms with E-state index < -0.39 is 5.60 Å². The Morgan fingerprint density at radius 2 is 2.09 bits per heavy atom. The van der Waals surface area contributed by atoms with Crippen LogP contribution in [0, 0.1) is 5.92 Å². The Morgan fingerprint density at radius 1 is 1.35 bits per heavy atom. The van der Waals surface area contributed by atoms with E-state index in [1.165, 1.54) is 0 Å². The second kappa shape index (κ2) is 8.13. The first-order valence-corrected chi connectivity index (χ1v) is 8.32. The van der Waals surface area contributed by atoms with E-state index >= 15 is 0 Å². The molecule has 1 saturated heterocycles. The summed E-state index contributed by atoms with van der Waals surface area (Å²) in [6.07, 6.45) is 7.30. The molecule has 0 spiro atoms. The van der Waals surface area contributed by atoms with Gasteiger partial charge >= 0.3 is 12.1 Å². The molecule has 0 saturated carbocycles. The number of piperidine rings is 1. The molecule has 1 amide bonds. The van der Waals surface area contributed by atoms with Crippen LogP contribution in [0.25, 0.3) is 0 Å². The number of carbonyl (C=O) groups excluding carboxylic acids is 1. The summed E-state index contributed by atoms with van der Waals surface area (Å²) < 4.78 is 11.0. The van der Waals surface area contributed by atoms with Crippen LogP contribution >= 0.6 is 0 Å². The van der Waals surface area contributed by atoms with Gasteiger partial charge in [-0.1, -0.05) is 0 Å². The van der Waals surface area contributed by atoms with Crippen molar-refractivity contribution in [1.82, 2.24) is 14.9 Å². The molecule has 128 valence electrons. The van der Waals surface area contributed by atoms with Crippen molar-refractivity contribution < 1.29 is 14.3 Å². The standard InChI is InChI=1S/C17H27N3O3/c1-17(2,3)23-16(21)20-11-4-7-14(13-20)8-5-12-22-15-18-9-6-10-19-15/h6,9-10,14H,4-5,7-8,11-13H2,1-3H3/t14-/m1/s1. The molecule has 23 heavy (non-hydrogen) atoms. The number of ether oxygens (including phenoxy) is 2. The first-order chi connectivity index (χ1) is 10.9. The van der Waals surface area contributed by atoms with Crippen LogP contribution in [0.2, 0.25) is 0 Å². The van der Waals surface area contributed by atoms with Crippen molar-refractivity contribution in [3.8, 4) is 6.01 Å². The average molecular weight is 321 g/mol. The van der Waals surface area contributed by atoms with Crippen molar-refractivity contribution in [2.24, 2.45) is 5.92 Å². The Morgan fingerprint density at radius 3 is 2.78 bits per heavy atom. The van der Waals surface area contributed by atoms with Gasteiger partial charge in [0.2, 0.25) is 0 Å². The SMILES string of the molecule is CC(C)(C)OC(=O)N1CCC[C@H](CCCOc2ncccn2)C1. The molecule has 1 aliphatic rings. The molecule has 1 fully saturated rings. The number of aromatic nitrogens is 2. The van der Waals surface area contributed by atoms with Gasteiger partial charge in [0.05, 0.1) is 6.61 Å². The number of rotatable bonds is 5. The predicted molar refractivity (Wildman–Crippen MR) is 87.3 cm³/mol. The number of carbonyl (C=O) groups is 1. The van der Waals surface area contributed by atoms with Gasteiger partial charge in [0.15, 0.2) is 0 Å². The summed E-state index contributed by atoms with van der Waals surface area (Å²) in [5.74, 6) is 0.511. The van der Waals surface area contributed by atoms with Crippen molar-refractivity contribution >= 4 is 6.09 Å². The van der Waals surface area contributed by atoms with Crippen molar-refractivity contribution in [3.63, 3.8) is 0 Å². The van der Waals surface area contributed by atoms with Crippen LogP contribution in [-0.4, -0.2) is 46.3 Å². The smallest absolute Gasteiger partial charge is 0.410 e. The van der Waals surface area contributed by atoms with Gasteiger partial charge in [-0.25, -0.2) is 14.8 Å². The third kappa shape index (κ3) is 6.42. The van der Waals surface area contributed by atoms with E-state index in [2.05, 4.69) is 9.97 Å². The number of amides is 1. The largest absolute Gasteiger partial charge is 0.463 e. The molecule has 0 aliphatic carbocycles. The molecule has 6 nitrogen and oxygen atoms in total. The maximum absolute atomic E-state index is 12.1. The monoisotopic (exact) mass is 321 g/mol. The molecular weight excluding hydrogens is 294 g/mol. The van der Waals surface area contributed by atoms with Gasteiger partial charge in [-0.2, -0.15) is 0 Å². The third-order valence-electron chi connectivity index (χ3n) is 3.70. The Hall–Kier alpha value is -1.85. The lowest BCUT2D eigenvalue weighted by Gasteiger charge is -2.34. The Labute approximate surface area is 138 Å². The summed E-state index contributed by atoms with van der Waals surface area (Å²) in [6, 6.07) is 2.19. The molecular formula is C17H27N3O3. The van der Waals surface area contributed by atoms with Gasteiger partial charge < -0.3 is 14.4 Å². The lowest BCUT2D eigenvalue weighted by molar-refractivity contribution is 0.0159. The Bertz CT molecular complexity index is 488. The zero-order valence-electron chi connectivity index (χ0n) is 14.3. The van der Waals surface area contributed by atoms with Crippen molar-refractivity contribution in [1.29, 1.82) is 0 Å². The molecule has 1 aromatic rings. The second-order valence-corrected chi connectivity index (χ2v) is 6.96. The van der Waals surface area contributed by atoms with E-state index in [4.69, 9.17) is 9.47 Å². The fraction of sp³-hybridized carbons (Fsp3) is 0.706. The van der Waals surface area contributed by atoms with E-state index in [0.717, 1.165) is 38.8 Å². The number of hydrogen-bond donors (Lipinski definition) is 0. The lowest BCUT2D eigenvalue weighted by atomic mass is 9.94. The molecule has 1 atom stereocenters. The van der Waals surface area contributed by atoms with Crippen LogP contribution in [0.1, 0.15) is 46.5 Å². The van der Waals surface area contributed by atoms with Crippen LogP contribution in [0.4, 0.5) is 4.79 Å². The van der Waals surface area contributed by atoms with Crippen molar-refractivity contribution in [3.05, 3.63) is 18.5 Å². The molecule has 1 aromatic heterocycles. The number of nitrogens with zero attached hydrogens (tertiary/aromatic N) is 3. The normalized spacial score (nSPS) is 18.6. The summed E-state index contributed by atoms with van der Waals surface area (Å²) >= 11 is 0. The molecule has 2 rings (SSSR count). The van der Waals surface area contributed by atoms with Gasteiger partial charge in [0, 0.05) is 25.5 Å². The first kappa shape index (κ1) is 17.5. The van der Waals surface area contributed by atoms with Crippen LogP contribution in [0.15, 0.2) is 18.5 Å². The molecule has 0 radical (unpaired) electrons. The topological polar surface area (TPSA) is 64.5 Å². The van der Waals surface area contributed by atoms with E-state index in [1.807, 2.05) is 25.7 Å². The van der Waals surface area contributed by atoms with Crippen molar-refractivity contribution in [2.45, 2.75) is 52.1 Å². The fourth-order valence-electron chi connectivity index (χ4n) is 2.69. The van der Waals surface area contributed by atoms with Crippen LogP contribution in [0.3, 0.4) is 0 Å². The maximum Gasteiger partial charge on any atom is 0.410 e. The second-order valence-electron chi connectivity index (χ2n) is 6.96. The van der Waals surface area contributed by atoms with Gasteiger partial charge in [-0.3, -0.25) is 0 Å². The van der Waals surface area contributed by atoms with E-state index in [0.29, 0.717) is 18.5 Å². The third-order valence-corrected chi connectivity index (χ3v) is 3.70. The predicted octanol–water partition coefficient (Wildman–Crippen LogP) is 3.28. The molecule has 0 aromatic carbocycles. The minimum Gasteiger partial charge on any atom is -0.463 e. The summed E-state index contributed by atoms with van der Waals surface area (Å²) in [5, 5.41) is 0. The molecule has 2 heterocycles. The fourth-order valence-corrected chi connectivity index (χ4v) is 2.69. The van der Waals surface area contributed by atoms with E-state index in [1.54, 1.807) is 18.5 Å². The van der Waals surface area contributed by atoms with E-state index in [9.17, 15) is 4.79 Å². The van der Waals surface area contributed by atoms with Crippen LogP contribution in [-0.2, 0) is 4.74 Å². The Kier molecular flexibility index (Phi) is 6.19. The zero-order valence-corrected chi connectivity index (χ0v) is 14.3. The highest BCUT2D eigenvalue weighted by atomic mass is 16.6. The Balaban J connectivity index is 1.68. The maximum atomic E-state index is 12.1. The molecule has 0 N–H and O–H groups in total. The summed E-state index contributed by atoms with van der Waals surface area (Å²) in [6.45, 7) is 7.86. The quantitative estimate of drug-likeness (QED) is 0.779. The number of hydrogen-bond acceptors (Lipinski definition) is 5. The minimum atomic E-state index is -0.437. The van der Waals surface area contributed by atoms with Gasteiger partial charge in [-0.15, -0.1) is 0 Å². The summed E-state index contributed by atoms with van der Waals surface area (Å²) in [4.78, 5) is 22.0. The first-order valence-electron chi connectivity index (χ1n) is 8.32. The highest BCUT2D eigenvalue weighted by Crippen LogP contribution is 2.22. The number of likely N-dealkylation sites (tertiary alicyclic amines) is 1. The molecule has 0 unspecified atom stereocenters. The molecule has 6 heteroatoms. The van der Waals surface area contributed by atoms with Crippen molar-refractivity contribution in [2.75, 3.05) is 19.7 Å². The van der Waals surface area contributed by atoms with Gasteiger partial charge in [0.1, 0.15) is 5.60 Å². The summed E-state index contributed by atoms with van der Waals surface area (Å²) in [7, 11) is 0. The zero-order chi connectivity index (χ0) is 16.7. The highest BCUT2D eigenvalue weighted by molar-refractivity contribution is 5.68. The minimum absolute atomic E-state index is 0.198. The molecule has 1 aliphatic heterocycles. The lowest BCUT2D eigenvalue weighted by Crippen LogP contribution is -2.42. The van der Waals surface area contributed by atoms with Gasteiger partial charge in [0.25, 0.3) is 0 Å². The van der Waals surface area contributed by atoms with Crippen LogP contribution in [0.5, 0.6) is 6.01 Å². The van der Waals surface area contributed by atoms with Gasteiger partial charge in [-0.05, 0) is 58.4 Å².